The number of nitrogens with two attached hydrogens (primary N) is 1. The van der Waals surface area contributed by atoms with Gasteiger partial charge in [-0.2, -0.15) is 0 Å². The Balaban J connectivity index is 1.66. The topological polar surface area (TPSA) is 153 Å². The molecule has 234 valence electrons. The van der Waals surface area contributed by atoms with Crippen LogP contribution in [0.25, 0.3) is 21.6 Å². The summed E-state index contributed by atoms with van der Waals surface area (Å²) in [6.45, 7) is 6.16. The zero-order chi connectivity index (χ0) is 32.3. The van der Waals surface area contributed by atoms with Gasteiger partial charge in [0.2, 0.25) is 0 Å². The Bertz CT molecular complexity index is 1780. The van der Waals surface area contributed by atoms with Gasteiger partial charge in [-0.25, -0.2) is 9.78 Å². The molecule has 0 saturated heterocycles. The number of carbonyl (C=O) groups excluding carboxylic acids is 3. The largest absolute Gasteiger partial charge is 0.493 e. The molecule has 0 unspecified atom stereocenters. The second kappa shape index (κ2) is 13.2. The molecule has 0 bridgehead atoms. The van der Waals surface area contributed by atoms with Gasteiger partial charge in [-0.1, -0.05) is 12.1 Å². The summed E-state index contributed by atoms with van der Waals surface area (Å²) < 4.78 is 11.2. The summed E-state index contributed by atoms with van der Waals surface area (Å²) in [5.74, 6) is -1.13. The highest BCUT2D eigenvalue weighted by Crippen LogP contribution is 2.43. The maximum atomic E-state index is 14.1. The van der Waals surface area contributed by atoms with E-state index in [0.29, 0.717) is 48.6 Å². The summed E-state index contributed by atoms with van der Waals surface area (Å²) in [5.41, 5.74) is 10.2. The molecule has 10 nitrogen and oxygen atoms in total. The van der Waals surface area contributed by atoms with Gasteiger partial charge in [-0.05, 0) is 85.7 Å². The number of amides is 2. The van der Waals surface area contributed by atoms with E-state index in [1.54, 1.807) is 43.4 Å². The van der Waals surface area contributed by atoms with Gasteiger partial charge in [0, 0.05) is 57.9 Å². The lowest BCUT2D eigenvalue weighted by Crippen LogP contribution is -2.44. The van der Waals surface area contributed by atoms with Gasteiger partial charge in [-0.15, -0.1) is 11.3 Å². The predicted octanol–water partition coefficient (Wildman–Crippen LogP) is 5.11. The Morgan fingerprint density at radius 3 is 2.58 bits per heavy atom. The molecule has 5 N–H and O–H groups in total. The average Bonchev–Trinajstić information content (AvgIpc) is 3.42. The first-order valence-electron chi connectivity index (χ1n) is 14.6. The van der Waals surface area contributed by atoms with E-state index in [-0.39, 0.29) is 23.6 Å². The minimum Gasteiger partial charge on any atom is -0.493 e. The summed E-state index contributed by atoms with van der Waals surface area (Å²) in [6, 6.07) is 14.3. The minimum atomic E-state index is -0.773. The molecule has 0 radical (unpaired) electrons. The molecule has 0 saturated carbocycles. The maximum Gasteiger partial charge on any atom is 0.357 e. The number of fused-ring (bicyclic) bond motifs is 3. The molecule has 1 aliphatic heterocycles. The molecular weight excluding hydrogens is 592 g/mol. The highest BCUT2D eigenvalue weighted by atomic mass is 32.1. The first-order valence-corrected chi connectivity index (χ1v) is 15.4. The van der Waals surface area contributed by atoms with E-state index in [0.717, 1.165) is 27.1 Å². The number of rotatable bonds is 9. The number of nitrogens with zero attached hydrogens (tertiary/aromatic N) is 1. The molecule has 5 rings (SSSR count). The highest BCUT2D eigenvalue weighted by Gasteiger charge is 2.28. The van der Waals surface area contributed by atoms with Crippen molar-refractivity contribution in [3.8, 4) is 27.3 Å². The van der Waals surface area contributed by atoms with Crippen molar-refractivity contribution in [1.82, 2.24) is 10.3 Å². The normalized spacial score (nSPS) is 12.3. The van der Waals surface area contributed by atoms with E-state index in [2.05, 4.69) is 21.7 Å². The molecule has 0 aliphatic carbocycles. The van der Waals surface area contributed by atoms with Gasteiger partial charge < -0.3 is 30.9 Å². The van der Waals surface area contributed by atoms with Crippen LogP contribution in [-0.2, 0) is 17.7 Å². The number of hydrogen-bond acceptors (Lipinski definition) is 9. The first kappa shape index (κ1) is 31.8. The molecule has 4 aromatic rings. The quantitative estimate of drug-likeness (QED) is 0.187. The van der Waals surface area contributed by atoms with Crippen molar-refractivity contribution in [2.45, 2.75) is 45.7 Å². The Hall–Kier alpha value is -4.58. The van der Waals surface area contributed by atoms with Crippen molar-refractivity contribution in [3.05, 3.63) is 87.6 Å². The lowest BCUT2D eigenvalue weighted by Gasteiger charge is -2.25. The molecule has 0 spiro atoms. The van der Waals surface area contributed by atoms with Gasteiger partial charge in [0.25, 0.3) is 11.8 Å². The number of hydrogen-bond donors (Lipinski definition) is 4. The summed E-state index contributed by atoms with van der Waals surface area (Å²) in [7, 11) is 1.23. The number of methoxy groups -OCH3 is 1. The number of pyridine rings is 1. The molecule has 11 heteroatoms. The van der Waals surface area contributed by atoms with Gasteiger partial charge in [0.1, 0.15) is 11.4 Å². The Morgan fingerprint density at radius 1 is 1.07 bits per heavy atom. The summed E-state index contributed by atoms with van der Waals surface area (Å²) >= 11 is 1.57. The van der Waals surface area contributed by atoms with Crippen LogP contribution >= 0.6 is 11.3 Å². The summed E-state index contributed by atoms with van der Waals surface area (Å²) in [5, 5.41) is 17.2. The van der Waals surface area contributed by atoms with Crippen molar-refractivity contribution in [3.63, 3.8) is 0 Å². The fourth-order valence-corrected chi connectivity index (χ4v) is 6.25. The van der Waals surface area contributed by atoms with E-state index in [4.69, 9.17) is 15.2 Å². The monoisotopic (exact) mass is 628 g/mol. The highest BCUT2D eigenvalue weighted by molar-refractivity contribution is 7.13. The second-order valence-corrected chi connectivity index (χ2v) is 12.4. The van der Waals surface area contributed by atoms with E-state index in [1.165, 1.54) is 13.2 Å². The van der Waals surface area contributed by atoms with Crippen LogP contribution < -0.4 is 21.1 Å². The van der Waals surface area contributed by atoms with Crippen LogP contribution in [0.1, 0.15) is 68.3 Å². The number of aryl methyl sites for hydroxylation is 1. The van der Waals surface area contributed by atoms with Crippen LogP contribution in [0.3, 0.4) is 0 Å². The number of ether oxygens (including phenoxy) is 2. The lowest BCUT2D eigenvalue weighted by molar-refractivity contribution is 0.0594. The smallest absolute Gasteiger partial charge is 0.357 e. The van der Waals surface area contributed by atoms with Crippen molar-refractivity contribution >= 4 is 34.8 Å². The van der Waals surface area contributed by atoms with E-state index >= 15 is 0 Å². The van der Waals surface area contributed by atoms with Crippen molar-refractivity contribution < 1.29 is 29.0 Å². The number of aromatic nitrogens is 1. The van der Waals surface area contributed by atoms with Gasteiger partial charge >= 0.3 is 5.97 Å². The number of carbonyl (C=O) groups is 3. The summed E-state index contributed by atoms with van der Waals surface area (Å²) in [6.07, 6.45) is 1.04. The number of benzene rings is 2. The van der Waals surface area contributed by atoms with Crippen LogP contribution in [0.2, 0.25) is 0 Å². The molecule has 2 aromatic heterocycles. The number of aliphatic hydroxyl groups excluding tert-OH is 1. The predicted molar refractivity (Wildman–Crippen MR) is 174 cm³/mol. The lowest BCUT2D eigenvalue weighted by atomic mass is 9.93. The molecule has 2 aromatic carbocycles. The Labute approximate surface area is 265 Å². The maximum absolute atomic E-state index is 14.1. The Morgan fingerprint density at radius 2 is 1.87 bits per heavy atom. The first-order chi connectivity index (χ1) is 21.5. The molecule has 0 atom stereocenters. The van der Waals surface area contributed by atoms with Crippen LogP contribution in [-0.4, -0.2) is 53.7 Å². The van der Waals surface area contributed by atoms with Crippen LogP contribution in [0, 0.1) is 6.92 Å². The van der Waals surface area contributed by atoms with Crippen molar-refractivity contribution in [2.24, 2.45) is 5.73 Å². The van der Waals surface area contributed by atoms with Crippen LogP contribution in [0.15, 0.2) is 53.9 Å². The molecule has 1 aliphatic rings. The minimum absolute atomic E-state index is 0.0129. The number of nitrogens with one attached hydrogen (secondary N) is 2. The molecule has 2 amide bonds. The number of thiophene rings is 1. The van der Waals surface area contributed by atoms with E-state index < -0.39 is 23.3 Å². The van der Waals surface area contributed by atoms with Crippen molar-refractivity contribution in [2.75, 3.05) is 25.6 Å². The molecular formula is C34H36N4O6S. The standard InChI is InChI=1S/C34H36N4O6S/c1-19-15-20(18-35)5-7-26(19)37-31(40)24-16-25-28(44-13-9-21-10-14-45-30(21)25)17-23(24)22-6-8-27(36-29(22)33(42)43-4)32(41)38-34(2,3)11-12-39/h5-8,10,14-17,39H,9,11-13,18,35H2,1-4H3,(H,37,40)(H,38,41). The van der Waals surface area contributed by atoms with Crippen LogP contribution in [0.4, 0.5) is 5.69 Å². The Kier molecular flexibility index (Phi) is 9.33. The number of esters is 1. The molecule has 0 fully saturated rings. The van der Waals surface area contributed by atoms with E-state index in [9.17, 15) is 19.5 Å². The fourth-order valence-electron chi connectivity index (χ4n) is 5.28. The second-order valence-electron chi connectivity index (χ2n) is 11.5. The number of aliphatic hydroxyl groups is 1. The zero-order valence-corrected chi connectivity index (χ0v) is 26.5. The third-order valence-electron chi connectivity index (χ3n) is 7.74. The van der Waals surface area contributed by atoms with Gasteiger partial charge in [0.05, 0.1) is 13.7 Å². The third kappa shape index (κ3) is 6.75. The molecule has 3 heterocycles. The van der Waals surface area contributed by atoms with Crippen molar-refractivity contribution in [1.29, 1.82) is 0 Å². The fraction of sp³-hybridized carbons (Fsp3) is 0.294. The van der Waals surface area contributed by atoms with E-state index in [1.807, 2.05) is 30.5 Å². The summed E-state index contributed by atoms with van der Waals surface area (Å²) in [4.78, 5) is 45.8. The SMILES string of the molecule is COC(=O)c1nc(C(=O)NC(C)(C)CCO)ccc1-c1cc2c(cc1C(=O)Nc1ccc(CN)cc1C)-c1sccc1CCO2. The van der Waals surface area contributed by atoms with Gasteiger partial charge in [-0.3, -0.25) is 9.59 Å². The number of anilines is 1. The van der Waals surface area contributed by atoms with Gasteiger partial charge in [0.15, 0.2) is 5.69 Å². The molecule has 45 heavy (non-hydrogen) atoms. The zero-order valence-electron chi connectivity index (χ0n) is 25.7. The third-order valence-corrected chi connectivity index (χ3v) is 8.73. The van der Waals surface area contributed by atoms with Crippen LogP contribution in [0.5, 0.6) is 5.75 Å². The average molecular weight is 629 g/mol.